The van der Waals surface area contributed by atoms with Crippen LogP contribution in [-0.2, 0) is 31.0 Å². The Morgan fingerprint density at radius 3 is 2.93 bits per heavy atom. The minimum Gasteiger partial charge on any atom is -0.370 e. The van der Waals surface area contributed by atoms with Crippen LogP contribution in [0.1, 0.15) is 32.9 Å². The third-order valence-corrected chi connectivity index (χ3v) is 4.78. The van der Waals surface area contributed by atoms with Gasteiger partial charge in [-0.2, -0.15) is 0 Å². The third-order valence-electron chi connectivity index (χ3n) is 4.78. The van der Waals surface area contributed by atoms with Crippen LogP contribution in [0.5, 0.6) is 0 Å². The molecular weight excluding hydrogens is 361 g/mol. The van der Waals surface area contributed by atoms with Crippen molar-refractivity contribution >= 4 is 5.91 Å². The van der Waals surface area contributed by atoms with Crippen molar-refractivity contribution in [2.45, 2.75) is 33.2 Å². The van der Waals surface area contributed by atoms with Crippen LogP contribution in [0.2, 0.25) is 0 Å². The Morgan fingerprint density at radius 2 is 2.14 bits per heavy atom. The number of nitrogens with zero attached hydrogens (tertiary/aromatic N) is 5. The summed E-state index contributed by atoms with van der Waals surface area (Å²) in [6.07, 6.45) is 3.46. The molecule has 0 bridgehead atoms. The fourth-order valence-electron chi connectivity index (χ4n) is 3.14. The highest BCUT2D eigenvalue weighted by atomic mass is 19.1. The molecule has 3 heterocycles. The molecule has 4 rings (SSSR count). The lowest BCUT2D eigenvalue weighted by atomic mass is 10.1. The molecule has 2 aromatic heterocycles. The first-order valence-corrected chi connectivity index (χ1v) is 9.05. The number of aromatic nitrogens is 4. The summed E-state index contributed by atoms with van der Waals surface area (Å²) in [5, 5.41) is 8.35. The summed E-state index contributed by atoms with van der Waals surface area (Å²) >= 11 is 0. The van der Waals surface area contributed by atoms with E-state index in [0.717, 1.165) is 11.3 Å². The van der Waals surface area contributed by atoms with E-state index in [9.17, 15) is 9.18 Å². The van der Waals surface area contributed by atoms with Gasteiger partial charge in [-0.05, 0) is 36.2 Å². The van der Waals surface area contributed by atoms with Crippen LogP contribution in [0.4, 0.5) is 4.39 Å². The van der Waals surface area contributed by atoms with Gasteiger partial charge in [0.1, 0.15) is 11.5 Å². The molecular formula is C20H20FN5O2. The molecule has 8 heteroatoms. The van der Waals surface area contributed by atoms with Gasteiger partial charge < -0.3 is 9.64 Å². The van der Waals surface area contributed by atoms with Crippen molar-refractivity contribution in [1.82, 2.24) is 24.9 Å². The molecule has 0 spiro atoms. The van der Waals surface area contributed by atoms with Crippen molar-refractivity contribution in [3.05, 3.63) is 76.6 Å². The highest BCUT2D eigenvalue weighted by Crippen LogP contribution is 2.19. The van der Waals surface area contributed by atoms with Crippen LogP contribution in [-0.4, -0.2) is 37.3 Å². The normalized spacial score (nSPS) is 13.4. The standard InChI is InChI=1S/C20H20FN5O2/c1-14-4-5-16(9-17(14)21)20(27)25-7-8-26-19(11-25)18(23-24-26)13-28-12-15-3-2-6-22-10-15/h2-6,9-10H,7-8,11-13H2,1H3. The van der Waals surface area contributed by atoms with Crippen molar-refractivity contribution in [1.29, 1.82) is 0 Å². The molecule has 3 aromatic rings. The van der Waals surface area contributed by atoms with Crippen molar-refractivity contribution in [3.8, 4) is 0 Å². The lowest BCUT2D eigenvalue weighted by Gasteiger charge is -2.28. The second kappa shape index (κ2) is 7.85. The molecule has 0 N–H and O–H groups in total. The Hall–Kier alpha value is -3.13. The third kappa shape index (κ3) is 3.77. The van der Waals surface area contributed by atoms with E-state index >= 15 is 0 Å². The van der Waals surface area contributed by atoms with Gasteiger partial charge in [0.15, 0.2) is 0 Å². The summed E-state index contributed by atoms with van der Waals surface area (Å²) in [5.41, 5.74) is 3.39. The first kappa shape index (κ1) is 18.2. The van der Waals surface area contributed by atoms with Crippen molar-refractivity contribution in [2.75, 3.05) is 6.54 Å². The highest BCUT2D eigenvalue weighted by molar-refractivity contribution is 5.94. The Labute approximate surface area is 161 Å². The number of hydrogen-bond acceptors (Lipinski definition) is 5. The molecule has 144 valence electrons. The molecule has 1 amide bonds. The zero-order chi connectivity index (χ0) is 19.5. The van der Waals surface area contributed by atoms with Crippen LogP contribution in [0.25, 0.3) is 0 Å². The maximum atomic E-state index is 13.8. The fourth-order valence-corrected chi connectivity index (χ4v) is 3.14. The van der Waals surface area contributed by atoms with E-state index in [0.29, 0.717) is 49.7 Å². The number of aryl methyl sites for hydroxylation is 1. The average molecular weight is 381 g/mol. The predicted octanol–water partition coefficient (Wildman–Crippen LogP) is 2.49. The first-order chi connectivity index (χ1) is 13.6. The molecule has 0 saturated heterocycles. The van der Waals surface area contributed by atoms with E-state index in [1.54, 1.807) is 41.0 Å². The molecule has 1 aromatic carbocycles. The second-order valence-electron chi connectivity index (χ2n) is 6.75. The lowest BCUT2D eigenvalue weighted by Crippen LogP contribution is -2.38. The number of rotatable bonds is 5. The van der Waals surface area contributed by atoms with Crippen LogP contribution in [0, 0.1) is 12.7 Å². The molecule has 0 aliphatic carbocycles. The summed E-state index contributed by atoms with van der Waals surface area (Å²) in [6.45, 7) is 3.81. The van der Waals surface area contributed by atoms with Crippen LogP contribution >= 0.6 is 0 Å². The summed E-state index contributed by atoms with van der Waals surface area (Å²) in [5.74, 6) is -0.576. The van der Waals surface area contributed by atoms with E-state index < -0.39 is 0 Å². The summed E-state index contributed by atoms with van der Waals surface area (Å²) < 4.78 is 21.3. The lowest BCUT2D eigenvalue weighted by molar-refractivity contribution is 0.0698. The number of pyridine rings is 1. The largest absolute Gasteiger partial charge is 0.370 e. The maximum absolute atomic E-state index is 13.8. The van der Waals surface area contributed by atoms with E-state index in [2.05, 4.69) is 15.3 Å². The second-order valence-corrected chi connectivity index (χ2v) is 6.75. The molecule has 28 heavy (non-hydrogen) atoms. The number of carbonyl (C=O) groups is 1. The topological polar surface area (TPSA) is 73.1 Å². The number of benzene rings is 1. The maximum Gasteiger partial charge on any atom is 0.254 e. The zero-order valence-corrected chi connectivity index (χ0v) is 15.5. The van der Waals surface area contributed by atoms with Gasteiger partial charge in [-0.1, -0.05) is 17.3 Å². The number of ether oxygens (including phenoxy) is 1. The van der Waals surface area contributed by atoms with Crippen molar-refractivity contribution in [3.63, 3.8) is 0 Å². The molecule has 0 unspecified atom stereocenters. The minimum atomic E-state index is -0.376. The summed E-state index contributed by atoms with van der Waals surface area (Å²) in [7, 11) is 0. The number of fused-ring (bicyclic) bond motifs is 1. The smallest absolute Gasteiger partial charge is 0.254 e. The SMILES string of the molecule is Cc1ccc(C(=O)N2CCn3nnc(COCc4cccnc4)c3C2)cc1F. The van der Waals surface area contributed by atoms with Crippen LogP contribution < -0.4 is 0 Å². The van der Waals surface area contributed by atoms with Crippen molar-refractivity contribution in [2.24, 2.45) is 0 Å². The monoisotopic (exact) mass is 381 g/mol. The van der Waals surface area contributed by atoms with Gasteiger partial charge >= 0.3 is 0 Å². The minimum absolute atomic E-state index is 0.200. The molecule has 0 saturated carbocycles. The Morgan fingerprint density at radius 1 is 1.25 bits per heavy atom. The Kier molecular flexibility index (Phi) is 5.12. The molecule has 0 fully saturated rings. The number of hydrogen-bond donors (Lipinski definition) is 0. The van der Waals surface area contributed by atoms with E-state index in [4.69, 9.17) is 4.74 Å². The summed E-state index contributed by atoms with van der Waals surface area (Å²) in [6, 6.07) is 8.36. The van der Waals surface area contributed by atoms with E-state index in [-0.39, 0.29) is 11.7 Å². The zero-order valence-electron chi connectivity index (χ0n) is 15.5. The molecule has 7 nitrogen and oxygen atoms in total. The van der Waals surface area contributed by atoms with Gasteiger partial charge in [0.05, 0.1) is 32.0 Å². The number of amides is 1. The van der Waals surface area contributed by atoms with E-state index in [1.807, 2.05) is 12.1 Å². The molecule has 1 aliphatic rings. The fraction of sp³-hybridized carbons (Fsp3) is 0.300. The molecule has 0 atom stereocenters. The Bertz CT molecular complexity index is 990. The quantitative estimate of drug-likeness (QED) is 0.679. The van der Waals surface area contributed by atoms with Gasteiger partial charge in [-0.15, -0.1) is 5.10 Å². The van der Waals surface area contributed by atoms with Gasteiger partial charge in [0.25, 0.3) is 5.91 Å². The van der Waals surface area contributed by atoms with Gasteiger partial charge in [0, 0.05) is 24.5 Å². The van der Waals surface area contributed by atoms with Gasteiger partial charge in [-0.25, -0.2) is 9.07 Å². The highest BCUT2D eigenvalue weighted by Gasteiger charge is 2.26. The first-order valence-electron chi connectivity index (χ1n) is 9.05. The van der Waals surface area contributed by atoms with E-state index in [1.165, 1.54) is 6.07 Å². The molecule has 1 aliphatic heterocycles. The van der Waals surface area contributed by atoms with Gasteiger partial charge in [0.2, 0.25) is 0 Å². The summed E-state index contributed by atoms with van der Waals surface area (Å²) in [4.78, 5) is 18.5. The van der Waals surface area contributed by atoms with Gasteiger partial charge in [-0.3, -0.25) is 9.78 Å². The average Bonchev–Trinajstić information content (AvgIpc) is 3.12. The van der Waals surface area contributed by atoms with Crippen LogP contribution in [0.15, 0.2) is 42.7 Å². The number of halogens is 1. The number of carbonyl (C=O) groups excluding carboxylic acids is 1. The molecule has 0 radical (unpaired) electrons. The van der Waals surface area contributed by atoms with Crippen LogP contribution in [0.3, 0.4) is 0 Å². The Balaban J connectivity index is 1.43. The predicted molar refractivity (Wildman–Crippen MR) is 98.6 cm³/mol. The van der Waals surface area contributed by atoms with Crippen molar-refractivity contribution < 1.29 is 13.9 Å².